The third-order valence-corrected chi connectivity index (χ3v) is 5.26. The summed E-state index contributed by atoms with van der Waals surface area (Å²) in [6.45, 7) is 6.47. The molecule has 1 heterocycles. The second-order valence-electron chi connectivity index (χ2n) is 7.20. The fourth-order valence-electron chi connectivity index (χ4n) is 3.30. The van der Waals surface area contributed by atoms with Gasteiger partial charge in [-0.15, -0.1) is 0 Å². The molecule has 1 aliphatic rings. The Bertz CT molecular complexity index is 947. The summed E-state index contributed by atoms with van der Waals surface area (Å²) in [5, 5.41) is 11.8. The second-order valence-corrected chi connectivity index (χ2v) is 7.20. The lowest BCUT2D eigenvalue weighted by Gasteiger charge is -2.28. The number of hydrogen-bond acceptors (Lipinski definition) is 4. The highest BCUT2D eigenvalue weighted by atomic mass is 16.5. The number of rotatable bonds is 5. The van der Waals surface area contributed by atoms with Crippen LogP contribution in [0, 0.1) is 11.3 Å². The summed E-state index contributed by atoms with van der Waals surface area (Å²) in [7, 11) is 0. The first-order chi connectivity index (χ1) is 14.0. The molecule has 0 aromatic heterocycles. The number of ether oxygens (including phenoxy) is 1. The first-order valence-corrected chi connectivity index (χ1v) is 9.88. The van der Waals surface area contributed by atoms with Gasteiger partial charge >= 0.3 is 0 Å². The van der Waals surface area contributed by atoms with E-state index in [0.29, 0.717) is 35.5 Å². The quantitative estimate of drug-likeness (QED) is 0.831. The molecule has 0 bridgehead atoms. The topological polar surface area (TPSA) is 82.4 Å². The van der Waals surface area contributed by atoms with Crippen molar-refractivity contribution in [3.63, 3.8) is 0 Å². The number of benzene rings is 2. The van der Waals surface area contributed by atoms with Crippen molar-refractivity contribution >= 4 is 17.5 Å². The van der Waals surface area contributed by atoms with Crippen LogP contribution in [0.2, 0.25) is 0 Å². The van der Waals surface area contributed by atoms with E-state index in [2.05, 4.69) is 12.2 Å². The summed E-state index contributed by atoms with van der Waals surface area (Å²) >= 11 is 0. The van der Waals surface area contributed by atoms with Crippen molar-refractivity contribution in [3.8, 4) is 11.8 Å². The van der Waals surface area contributed by atoms with E-state index < -0.39 is 6.10 Å². The van der Waals surface area contributed by atoms with Crippen molar-refractivity contribution in [1.29, 1.82) is 5.26 Å². The van der Waals surface area contributed by atoms with Gasteiger partial charge in [-0.05, 0) is 62.2 Å². The van der Waals surface area contributed by atoms with Gasteiger partial charge in [-0.1, -0.05) is 13.8 Å². The molecule has 0 fully saturated rings. The number of carbonyl (C=O) groups is 2. The van der Waals surface area contributed by atoms with Crippen molar-refractivity contribution in [2.24, 2.45) is 0 Å². The van der Waals surface area contributed by atoms with Gasteiger partial charge in [-0.2, -0.15) is 5.26 Å². The minimum Gasteiger partial charge on any atom is -0.480 e. The summed E-state index contributed by atoms with van der Waals surface area (Å²) in [6.07, 6.45) is 0.957. The van der Waals surface area contributed by atoms with Crippen molar-refractivity contribution in [3.05, 3.63) is 59.2 Å². The Balaban J connectivity index is 1.85. The van der Waals surface area contributed by atoms with E-state index in [1.807, 2.05) is 30.9 Å². The van der Waals surface area contributed by atoms with E-state index in [1.54, 1.807) is 36.4 Å². The van der Waals surface area contributed by atoms with Crippen LogP contribution in [-0.2, 0) is 11.3 Å². The molecule has 2 atom stereocenters. The highest BCUT2D eigenvalue weighted by Crippen LogP contribution is 2.30. The van der Waals surface area contributed by atoms with Crippen LogP contribution in [0.3, 0.4) is 0 Å². The largest absolute Gasteiger partial charge is 0.480 e. The Labute approximate surface area is 171 Å². The lowest BCUT2D eigenvalue weighted by Crippen LogP contribution is -2.43. The van der Waals surface area contributed by atoms with Crippen LogP contribution >= 0.6 is 0 Å². The zero-order chi connectivity index (χ0) is 21.0. The van der Waals surface area contributed by atoms with Crippen molar-refractivity contribution in [2.45, 2.75) is 52.3 Å². The molecule has 29 heavy (non-hydrogen) atoms. The van der Waals surface area contributed by atoms with E-state index in [4.69, 9.17) is 10.00 Å². The average Bonchev–Trinajstić information content (AvgIpc) is 2.89. The summed E-state index contributed by atoms with van der Waals surface area (Å²) < 4.78 is 5.98. The Morgan fingerprint density at radius 3 is 2.62 bits per heavy atom. The summed E-state index contributed by atoms with van der Waals surface area (Å²) in [6, 6.07) is 14.0. The molecule has 0 radical (unpaired) electrons. The molecule has 1 N–H and O–H groups in total. The average molecular weight is 391 g/mol. The van der Waals surface area contributed by atoms with Crippen molar-refractivity contribution in [2.75, 3.05) is 5.32 Å². The molecule has 1 aliphatic heterocycles. The summed E-state index contributed by atoms with van der Waals surface area (Å²) in [5.41, 5.74) is 2.47. The fraction of sp³-hybridized carbons (Fsp3) is 0.348. The van der Waals surface area contributed by atoms with Gasteiger partial charge in [0.2, 0.25) is 0 Å². The van der Waals surface area contributed by atoms with Crippen LogP contribution in [0.1, 0.15) is 55.1 Å². The van der Waals surface area contributed by atoms with Crippen LogP contribution < -0.4 is 10.1 Å². The molecule has 6 heteroatoms. The van der Waals surface area contributed by atoms with Gasteiger partial charge in [0.15, 0.2) is 6.10 Å². The zero-order valence-corrected chi connectivity index (χ0v) is 16.9. The first kappa shape index (κ1) is 20.4. The van der Waals surface area contributed by atoms with Crippen LogP contribution in [0.4, 0.5) is 5.69 Å². The van der Waals surface area contributed by atoms with E-state index in [-0.39, 0.29) is 17.9 Å². The number of nitriles is 1. The molecule has 6 nitrogen and oxygen atoms in total. The second kappa shape index (κ2) is 8.78. The molecule has 2 amide bonds. The Morgan fingerprint density at radius 2 is 2.00 bits per heavy atom. The maximum atomic E-state index is 12.9. The lowest BCUT2D eigenvalue weighted by molar-refractivity contribution is -0.140. The maximum Gasteiger partial charge on any atom is 0.264 e. The molecular formula is C23H25N3O3. The molecule has 2 aromatic carbocycles. The Hall–Kier alpha value is -3.33. The molecule has 3 rings (SSSR count). The number of nitrogens with one attached hydrogen (secondary N) is 1. The molecule has 0 unspecified atom stereocenters. The van der Waals surface area contributed by atoms with Gasteiger partial charge < -0.3 is 15.0 Å². The van der Waals surface area contributed by atoms with Crippen molar-refractivity contribution in [1.82, 2.24) is 4.90 Å². The van der Waals surface area contributed by atoms with E-state index >= 15 is 0 Å². The predicted octanol–water partition coefficient (Wildman–Crippen LogP) is 4.11. The maximum absolute atomic E-state index is 12.9. The Kier molecular flexibility index (Phi) is 6.18. The lowest BCUT2D eigenvalue weighted by atomic mass is 10.1. The summed E-state index contributed by atoms with van der Waals surface area (Å²) in [5.74, 6) is 0.416. The van der Waals surface area contributed by atoms with E-state index in [9.17, 15) is 9.59 Å². The standard InChI is InChI=1S/C23H25N3O3/c1-4-15(3)26-14-18-12-19(10-11-21(18)29-20(5-2)23(26)28)25-22(27)17-8-6-16(13-24)7-9-17/h6-12,15,20H,4-5,14H2,1-3H3,(H,25,27)/t15-,20+/m1/s1. The Morgan fingerprint density at radius 1 is 1.28 bits per heavy atom. The molecule has 0 spiro atoms. The predicted molar refractivity (Wildman–Crippen MR) is 111 cm³/mol. The third-order valence-electron chi connectivity index (χ3n) is 5.26. The van der Waals surface area contributed by atoms with Crippen LogP contribution in [-0.4, -0.2) is 28.9 Å². The third kappa shape index (κ3) is 4.40. The molecular weight excluding hydrogens is 366 g/mol. The van der Waals surface area contributed by atoms with Crippen LogP contribution in [0.15, 0.2) is 42.5 Å². The monoisotopic (exact) mass is 391 g/mol. The zero-order valence-electron chi connectivity index (χ0n) is 16.9. The van der Waals surface area contributed by atoms with Gasteiger partial charge in [0.05, 0.1) is 11.6 Å². The first-order valence-electron chi connectivity index (χ1n) is 9.88. The number of carbonyl (C=O) groups excluding carboxylic acids is 2. The van der Waals surface area contributed by atoms with Crippen molar-refractivity contribution < 1.29 is 14.3 Å². The molecule has 0 saturated heterocycles. The number of nitrogens with zero attached hydrogens (tertiary/aromatic N) is 2. The van der Waals surface area contributed by atoms with Crippen LogP contribution in [0.5, 0.6) is 5.75 Å². The summed E-state index contributed by atoms with van der Waals surface area (Å²) in [4.78, 5) is 27.2. The molecule has 0 aliphatic carbocycles. The highest BCUT2D eigenvalue weighted by Gasteiger charge is 2.32. The number of fused-ring (bicyclic) bond motifs is 1. The number of hydrogen-bond donors (Lipinski definition) is 1. The molecule has 0 saturated carbocycles. The highest BCUT2D eigenvalue weighted by molar-refractivity contribution is 6.04. The number of anilines is 1. The number of amides is 2. The smallest absolute Gasteiger partial charge is 0.264 e. The van der Waals surface area contributed by atoms with Gasteiger partial charge in [0, 0.05) is 29.4 Å². The van der Waals surface area contributed by atoms with Gasteiger partial charge in [0.25, 0.3) is 11.8 Å². The SMILES string of the molecule is CC[C@@H]1Oc2ccc(NC(=O)c3ccc(C#N)cc3)cc2CN([C@H](C)CC)C1=O. The normalized spacial score (nSPS) is 16.8. The minimum absolute atomic E-state index is 0.00113. The van der Waals surface area contributed by atoms with E-state index in [0.717, 1.165) is 12.0 Å². The minimum atomic E-state index is -0.496. The molecule has 150 valence electrons. The van der Waals surface area contributed by atoms with E-state index in [1.165, 1.54) is 0 Å². The van der Waals surface area contributed by atoms with Gasteiger partial charge in [0.1, 0.15) is 5.75 Å². The van der Waals surface area contributed by atoms with Crippen LogP contribution in [0.25, 0.3) is 0 Å². The molecule has 2 aromatic rings. The van der Waals surface area contributed by atoms with Gasteiger partial charge in [-0.25, -0.2) is 0 Å². The fourth-order valence-corrected chi connectivity index (χ4v) is 3.30. The van der Waals surface area contributed by atoms with Gasteiger partial charge in [-0.3, -0.25) is 9.59 Å².